The van der Waals surface area contributed by atoms with E-state index in [0.717, 1.165) is 33.2 Å². The summed E-state index contributed by atoms with van der Waals surface area (Å²) in [7, 11) is 0. The summed E-state index contributed by atoms with van der Waals surface area (Å²) in [5, 5.41) is 1.12. The molecule has 4 heteroatoms. The average Bonchev–Trinajstić information content (AvgIpc) is 2.91. The van der Waals surface area contributed by atoms with Crippen LogP contribution in [0.4, 0.5) is 0 Å². The third kappa shape index (κ3) is 1.57. The number of aromatic amines is 1. The number of pyridine rings is 1. The van der Waals surface area contributed by atoms with E-state index in [4.69, 9.17) is 0 Å². The first-order valence-electron chi connectivity index (χ1n) is 6.05. The fourth-order valence-corrected chi connectivity index (χ4v) is 2.33. The monoisotopic (exact) mass is 246 g/mol. The van der Waals surface area contributed by atoms with Gasteiger partial charge < -0.3 is 4.98 Å². The predicted molar refractivity (Wildman–Crippen MR) is 74.6 cm³/mol. The molecule has 0 aliphatic carbocycles. The van der Waals surface area contributed by atoms with Gasteiger partial charge in [0, 0.05) is 35.7 Å². The zero-order valence-electron chi connectivity index (χ0n) is 10.0. The molecule has 0 aliphatic heterocycles. The Hall–Kier alpha value is -2.75. The Morgan fingerprint density at radius 1 is 0.842 bits per heavy atom. The van der Waals surface area contributed by atoms with Crippen LogP contribution in [0.3, 0.4) is 0 Å². The summed E-state index contributed by atoms with van der Waals surface area (Å²) < 4.78 is 0. The van der Waals surface area contributed by atoms with Crippen molar-refractivity contribution in [2.24, 2.45) is 0 Å². The van der Waals surface area contributed by atoms with E-state index in [0.29, 0.717) is 0 Å². The second-order valence-corrected chi connectivity index (χ2v) is 4.36. The van der Waals surface area contributed by atoms with Crippen molar-refractivity contribution >= 4 is 22.1 Å². The van der Waals surface area contributed by atoms with Gasteiger partial charge >= 0.3 is 0 Å². The van der Waals surface area contributed by atoms with Crippen molar-refractivity contribution in [3.8, 4) is 11.1 Å². The lowest BCUT2D eigenvalue weighted by molar-refractivity contribution is 1.29. The van der Waals surface area contributed by atoms with Crippen molar-refractivity contribution in [2.75, 3.05) is 0 Å². The highest BCUT2D eigenvalue weighted by atomic mass is 14.8. The number of benzene rings is 1. The summed E-state index contributed by atoms with van der Waals surface area (Å²) in [6.45, 7) is 0. The Labute approximate surface area is 109 Å². The molecular weight excluding hydrogens is 236 g/mol. The summed E-state index contributed by atoms with van der Waals surface area (Å²) in [4.78, 5) is 16.1. The lowest BCUT2D eigenvalue weighted by Crippen LogP contribution is -1.83. The van der Waals surface area contributed by atoms with E-state index in [1.54, 1.807) is 18.6 Å². The number of rotatable bonds is 1. The van der Waals surface area contributed by atoms with E-state index < -0.39 is 0 Å². The molecule has 19 heavy (non-hydrogen) atoms. The number of hydrogen-bond donors (Lipinski definition) is 1. The highest BCUT2D eigenvalue weighted by Gasteiger charge is 2.07. The second-order valence-electron chi connectivity index (χ2n) is 4.36. The molecule has 0 bridgehead atoms. The SMILES string of the molecule is c1cnc2[nH]cc(-c3ccc4nccnc4c3)c2c1. The van der Waals surface area contributed by atoms with Gasteiger partial charge in [-0.05, 0) is 29.8 Å². The third-order valence-corrected chi connectivity index (χ3v) is 3.23. The van der Waals surface area contributed by atoms with Gasteiger partial charge in [-0.3, -0.25) is 9.97 Å². The molecule has 4 rings (SSSR count). The van der Waals surface area contributed by atoms with Gasteiger partial charge in [0.2, 0.25) is 0 Å². The number of H-pyrrole nitrogens is 1. The fourth-order valence-electron chi connectivity index (χ4n) is 2.33. The quantitative estimate of drug-likeness (QED) is 0.561. The molecule has 3 aromatic heterocycles. The van der Waals surface area contributed by atoms with Gasteiger partial charge in [-0.2, -0.15) is 0 Å². The Morgan fingerprint density at radius 3 is 2.68 bits per heavy atom. The topological polar surface area (TPSA) is 54.5 Å². The molecule has 0 unspecified atom stereocenters. The van der Waals surface area contributed by atoms with Crippen LogP contribution in [0.1, 0.15) is 0 Å². The number of nitrogens with one attached hydrogen (secondary N) is 1. The van der Waals surface area contributed by atoms with Gasteiger partial charge in [0.1, 0.15) is 5.65 Å². The second kappa shape index (κ2) is 3.88. The van der Waals surface area contributed by atoms with Crippen LogP contribution in [0.5, 0.6) is 0 Å². The minimum atomic E-state index is 0.900. The van der Waals surface area contributed by atoms with Crippen molar-refractivity contribution in [3.05, 3.63) is 55.1 Å². The maximum Gasteiger partial charge on any atom is 0.137 e. The average molecular weight is 246 g/mol. The first-order valence-corrected chi connectivity index (χ1v) is 6.05. The molecule has 0 amide bonds. The van der Waals surface area contributed by atoms with Crippen LogP contribution in [-0.2, 0) is 0 Å². The van der Waals surface area contributed by atoms with Crippen LogP contribution in [0.2, 0.25) is 0 Å². The van der Waals surface area contributed by atoms with Crippen LogP contribution >= 0.6 is 0 Å². The summed E-state index contributed by atoms with van der Waals surface area (Å²) in [6.07, 6.45) is 7.18. The summed E-state index contributed by atoms with van der Waals surface area (Å²) in [6, 6.07) is 10.1. The maximum absolute atomic E-state index is 4.34. The minimum Gasteiger partial charge on any atom is -0.346 e. The molecule has 4 aromatic rings. The molecule has 3 heterocycles. The van der Waals surface area contributed by atoms with Crippen LogP contribution < -0.4 is 0 Å². The van der Waals surface area contributed by atoms with E-state index in [9.17, 15) is 0 Å². The Bertz CT molecular complexity index is 879. The van der Waals surface area contributed by atoms with Crippen LogP contribution in [0, 0.1) is 0 Å². The molecule has 4 nitrogen and oxygen atoms in total. The lowest BCUT2D eigenvalue weighted by Gasteiger charge is -2.01. The van der Waals surface area contributed by atoms with Gasteiger partial charge in [-0.1, -0.05) is 6.07 Å². The summed E-state index contributed by atoms with van der Waals surface area (Å²) in [5.41, 5.74) is 4.96. The Balaban J connectivity index is 1.99. The van der Waals surface area contributed by atoms with Crippen molar-refractivity contribution in [3.63, 3.8) is 0 Å². The van der Waals surface area contributed by atoms with Gasteiger partial charge in [-0.15, -0.1) is 0 Å². The van der Waals surface area contributed by atoms with E-state index >= 15 is 0 Å². The summed E-state index contributed by atoms with van der Waals surface area (Å²) in [5.74, 6) is 0. The normalized spacial score (nSPS) is 11.2. The van der Waals surface area contributed by atoms with Gasteiger partial charge in [0.25, 0.3) is 0 Å². The standard InChI is InChI=1S/C15H10N4/c1-2-11-12(9-19-15(11)18-5-1)10-3-4-13-14(8-10)17-7-6-16-13/h1-9H,(H,18,19). The third-order valence-electron chi connectivity index (χ3n) is 3.23. The zero-order valence-corrected chi connectivity index (χ0v) is 10.0. The lowest BCUT2D eigenvalue weighted by atomic mass is 10.1. The largest absolute Gasteiger partial charge is 0.346 e. The molecule has 0 saturated heterocycles. The number of aromatic nitrogens is 4. The van der Waals surface area contributed by atoms with Crippen LogP contribution in [0.25, 0.3) is 33.2 Å². The number of nitrogens with zero attached hydrogens (tertiary/aromatic N) is 3. The Kier molecular flexibility index (Phi) is 2.08. The van der Waals surface area contributed by atoms with Gasteiger partial charge in [-0.25, -0.2) is 4.98 Å². The fraction of sp³-hybridized carbons (Fsp3) is 0. The first kappa shape index (κ1) is 10.2. The maximum atomic E-state index is 4.34. The first-order chi connectivity index (χ1) is 9.42. The zero-order chi connectivity index (χ0) is 12.7. The molecule has 0 saturated carbocycles. The number of hydrogen-bond acceptors (Lipinski definition) is 3. The Morgan fingerprint density at radius 2 is 1.74 bits per heavy atom. The van der Waals surface area contributed by atoms with Crippen molar-refractivity contribution in [2.45, 2.75) is 0 Å². The van der Waals surface area contributed by atoms with Crippen molar-refractivity contribution in [1.29, 1.82) is 0 Å². The summed E-state index contributed by atoms with van der Waals surface area (Å²) >= 11 is 0. The van der Waals surface area contributed by atoms with Gasteiger partial charge in [0.15, 0.2) is 0 Å². The molecule has 0 aliphatic rings. The molecule has 1 aromatic carbocycles. The highest BCUT2D eigenvalue weighted by molar-refractivity contribution is 5.95. The smallest absolute Gasteiger partial charge is 0.137 e. The molecule has 90 valence electrons. The van der Waals surface area contributed by atoms with Crippen LogP contribution in [-0.4, -0.2) is 19.9 Å². The number of fused-ring (bicyclic) bond motifs is 2. The highest BCUT2D eigenvalue weighted by Crippen LogP contribution is 2.28. The van der Waals surface area contributed by atoms with E-state index in [1.807, 2.05) is 18.3 Å². The van der Waals surface area contributed by atoms with Crippen molar-refractivity contribution in [1.82, 2.24) is 19.9 Å². The molecule has 0 fully saturated rings. The van der Waals surface area contributed by atoms with Gasteiger partial charge in [0.05, 0.1) is 11.0 Å². The molecular formula is C15H10N4. The van der Waals surface area contributed by atoms with E-state index in [-0.39, 0.29) is 0 Å². The predicted octanol–water partition coefficient (Wildman–Crippen LogP) is 3.17. The van der Waals surface area contributed by atoms with Crippen molar-refractivity contribution < 1.29 is 0 Å². The molecule has 1 N–H and O–H groups in total. The van der Waals surface area contributed by atoms with E-state index in [2.05, 4.69) is 38.1 Å². The minimum absolute atomic E-state index is 0.900. The molecule has 0 spiro atoms. The van der Waals surface area contributed by atoms with E-state index in [1.165, 1.54) is 0 Å². The molecule has 0 radical (unpaired) electrons. The van der Waals surface area contributed by atoms with Crippen LogP contribution in [0.15, 0.2) is 55.1 Å². The molecule has 0 atom stereocenters.